The highest BCUT2D eigenvalue weighted by Crippen LogP contribution is 1.96. The summed E-state index contributed by atoms with van der Waals surface area (Å²) in [5.74, 6) is 0. The lowest BCUT2D eigenvalue weighted by molar-refractivity contribution is 1.48. The molecule has 0 aliphatic carbocycles. The first kappa shape index (κ1) is 7.16. The van der Waals surface area contributed by atoms with Crippen LogP contribution in [0.3, 0.4) is 0 Å². The number of allylic oxidation sites excluding steroid dienone is 1. The SMILES string of the molecule is C=CC=[S+]c1ccccc1. The number of hydrogen-bond donors (Lipinski definition) is 0. The number of rotatable bonds is 2. The van der Waals surface area contributed by atoms with Gasteiger partial charge in [-0.1, -0.05) is 24.8 Å². The van der Waals surface area contributed by atoms with Crippen LogP contribution in [-0.4, -0.2) is 5.37 Å². The highest BCUT2D eigenvalue weighted by molar-refractivity contribution is 7.77. The quantitative estimate of drug-likeness (QED) is 0.343. The van der Waals surface area contributed by atoms with Crippen molar-refractivity contribution >= 4 is 16.7 Å². The largest absolute Gasteiger partial charge is 0.230 e. The molecule has 0 N–H and O–H groups in total. The van der Waals surface area contributed by atoms with E-state index >= 15 is 0 Å². The summed E-state index contributed by atoms with van der Waals surface area (Å²) in [5, 5.41) is 1.97. The molecule has 10 heavy (non-hydrogen) atoms. The van der Waals surface area contributed by atoms with Crippen LogP contribution in [0, 0.1) is 0 Å². The average molecular weight is 149 g/mol. The van der Waals surface area contributed by atoms with Crippen molar-refractivity contribution in [2.24, 2.45) is 0 Å². The van der Waals surface area contributed by atoms with Crippen LogP contribution in [0.25, 0.3) is 0 Å². The Hall–Kier alpha value is -0.950. The molecule has 0 amide bonds. The standard InChI is InChI=1S/C9H9S/c1-2-8-10-9-6-4-3-5-7-9/h2-8H,1H2/q+1. The summed E-state index contributed by atoms with van der Waals surface area (Å²) in [6.07, 6.45) is 1.79. The molecule has 0 aliphatic heterocycles. The van der Waals surface area contributed by atoms with Gasteiger partial charge < -0.3 is 0 Å². The van der Waals surface area contributed by atoms with E-state index in [1.165, 1.54) is 4.90 Å². The van der Waals surface area contributed by atoms with Gasteiger partial charge >= 0.3 is 0 Å². The van der Waals surface area contributed by atoms with E-state index in [0.717, 1.165) is 0 Å². The third kappa shape index (κ3) is 2.11. The minimum atomic E-state index is 1.25. The zero-order valence-electron chi connectivity index (χ0n) is 5.66. The third-order valence-electron chi connectivity index (χ3n) is 1.04. The lowest BCUT2D eigenvalue weighted by Crippen LogP contribution is -1.72. The molecule has 1 aromatic carbocycles. The van der Waals surface area contributed by atoms with Gasteiger partial charge in [-0.25, -0.2) is 0 Å². The molecule has 0 unspecified atom stereocenters. The lowest BCUT2D eigenvalue weighted by Gasteiger charge is -1.74. The molecule has 0 fully saturated rings. The molecule has 0 aliphatic rings. The van der Waals surface area contributed by atoms with E-state index in [1.54, 1.807) is 17.4 Å². The van der Waals surface area contributed by atoms with Gasteiger partial charge in [-0.2, -0.15) is 0 Å². The van der Waals surface area contributed by atoms with Crippen LogP contribution >= 0.6 is 0 Å². The zero-order chi connectivity index (χ0) is 7.23. The second-order valence-electron chi connectivity index (χ2n) is 1.80. The molecule has 0 saturated heterocycles. The summed E-state index contributed by atoms with van der Waals surface area (Å²) in [6, 6.07) is 10.2. The number of benzene rings is 1. The molecule has 50 valence electrons. The van der Waals surface area contributed by atoms with Crippen molar-refractivity contribution in [2.75, 3.05) is 0 Å². The van der Waals surface area contributed by atoms with Gasteiger partial charge in [0, 0.05) is 12.1 Å². The predicted molar refractivity (Wildman–Crippen MR) is 48.3 cm³/mol. The van der Waals surface area contributed by atoms with Crippen LogP contribution in [-0.2, 0) is 11.4 Å². The minimum Gasteiger partial charge on any atom is -0.0941 e. The Labute approximate surface area is 65.2 Å². The van der Waals surface area contributed by atoms with E-state index in [4.69, 9.17) is 0 Å². The highest BCUT2D eigenvalue weighted by atomic mass is 32.1. The van der Waals surface area contributed by atoms with Crippen molar-refractivity contribution in [3.05, 3.63) is 43.0 Å². The molecular weight excluding hydrogens is 140 g/mol. The molecule has 1 rings (SSSR count). The molecule has 0 atom stereocenters. The van der Waals surface area contributed by atoms with Crippen molar-refractivity contribution in [3.63, 3.8) is 0 Å². The molecule has 0 nitrogen and oxygen atoms in total. The maximum absolute atomic E-state index is 3.60. The zero-order valence-corrected chi connectivity index (χ0v) is 6.47. The Morgan fingerprint density at radius 2 is 1.90 bits per heavy atom. The second kappa shape index (κ2) is 3.96. The van der Waals surface area contributed by atoms with Crippen molar-refractivity contribution in [1.29, 1.82) is 0 Å². The van der Waals surface area contributed by atoms with Crippen LogP contribution in [0.2, 0.25) is 0 Å². The molecule has 0 saturated carbocycles. The molecule has 1 heteroatoms. The summed E-state index contributed by atoms with van der Waals surface area (Å²) < 4.78 is 0. The van der Waals surface area contributed by atoms with E-state index < -0.39 is 0 Å². The first-order valence-electron chi connectivity index (χ1n) is 3.09. The average Bonchev–Trinajstić information content (AvgIpc) is 2.03. The van der Waals surface area contributed by atoms with Crippen LogP contribution in [0.5, 0.6) is 0 Å². The maximum atomic E-state index is 3.60. The van der Waals surface area contributed by atoms with Gasteiger partial charge in [0.15, 0.2) is 5.37 Å². The molecule has 0 aromatic heterocycles. The number of hydrogen-bond acceptors (Lipinski definition) is 0. The highest BCUT2D eigenvalue weighted by Gasteiger charge is 1.94. The van der Waals surface area contributed by atoms with Gasteiger partial charge in [0.1, 0.15) is 0 Å². The van der Waals surface area contributed by atoms with Crippen molar-refractivity contribution < 1.29 is 0 Å². The fraction of sp³-hybridized carbons (Fsp3) is 0. The van der Waals surface area contributed by atoms with Gasteiger partial charge in [-0.05, 0) is 6.08 Å². The molecule has 0 radical (unpaired) electrons. The molecule has 0 heterocycles. The third-order valence-corrected chi connectivity index (χ3v) is 1.92. The predicted octanol–water partition coefficient (Wildman–Crippen LogP) is 2.12. The Bertz CT molecular complexity index is 224. The van der Waals surface area contributed by atoms with Gasteiger partial charge in [0.2, 0.25) is 16.2 Å². The first-order chi connectivity index (χ1) is 4.93. The first-order valence-corrected chi connectivity index (χ1v) is 3.97. The molecule has 0 bridgehead atoms. The molecular formula is C9H9S+. The van der Waals surface area contributed by atoms with Gasteiger partial charge in [0.25, 0.3) is 0 Å². The van der Waals surface area contributed by atoms with Crippen LogP contribution in [0.15, 0.2) is 47.9 Å². The van der Waals surface area contributed by atoms with E-state index in [2.05, 4.69) is 18.7 Å². The summed E-state index contributed by atoms with van der Waals surface area (Å²) in [6.45, 7) is 3.60. The van der Waals surface area contributed by atoms with Crippen molar-refractivity contribution in [3.8, 4) is 0 Å². The maximum Gasteiger partial charge on any atom is 0.230 e. The fourth-order valence-corrected chi connectivity index (χ4v) is 1.19. The van der Waals surface area contributed by atoms with E-state index in [9.17, 15) is 0 Å². The van der Waals surface area contributed by atoms with Gasteiger partial charge in [-0.15, -0.1) is 0 Å². The fourth-order valence-electron chi connectivity index (χ4n) is 0.626. The summed E-state index contributed by atoms with van der Waals surface area (Å²) in [5.41, 5.74) is 0. The normalized spacial score (nSPS) is 10.0. The summed E-state index contributed by atoms with van der Waals surface area (Å²) >= 11 is 1.68. The van der Waals surface area contributed by atoms with Crippen molar-refractivity contribution in [2.45, 2.75) is 4.90 Å². The topological polar surface area (TPSA) is 0 Å². The van der Waals surface area contributed by atoms with Crippen molar-refractivity contribution in [1.82, 2.24) is 0 Å². The van der Waals surface area contributed by atoms with E-state index in [0.29, 0.717) is 0 Å². The van der Waals surface area contributed by atoms with Gasteiger partial charge in [0.05, 0.1) is 0 Å². The van der Waals surface area contributed by atoms with E-state index in [1.807, 2.05) is 23.6 Å². The van der Waals surface area contributed by atoms with Crippen LogP contribution in [0.4, 0.5) is 0 Å². The minimum absolute atomic E-state index is 1.25. The Morgan fingerprint density at radius 3 is 2.50 bits per heavy atom. The summed E-state index contributed by atoms with van der Waals surface area (Å²) in [4.78, 5) is 1.25. The Morgan fingerprint density at radius 1 is 1.20 bits per heavy atom. The summed E-state index contributed by atoms with van der Waals surface area (Å²) in [7, 11) is 0. The molecule has 0 spiro atoms. The Balaban J connectivity index is 2.76. The lowest BCUT2D eigenvalue weighted by atomic mass is 10.4. The van der Waals surface area contributed by atoms with Crippen LogP contribution in [0.1, 0.15) is 0 Å². The Kier molecular flexibility index (Phi) is 2.84. The monoisotopic (exact) mass is 149 g/mol. The van der Waals surface area contributed by atoms with Crippen LogP contribution < -0.4 is 0 Å². The van der Waals surface area contributed by atoms with E-state index in [-0.39, 0.29) is 0 Å². The second-order valence-corrected chi connectivity index (χ2v) is 2.78. The molecule has 1 aromatic rings. The van der Waals surface area contributed by atoms with Gasteiger partial charge in [-0.3, -0.25) is 0 Å². The smallest absolute Gasteiger partial charge is 0.0941 e.